The number of rotatable bonds is 3. The fraction of sp³-hybridized carbons (Fsp3) is 0.190. The van der Waals surface area contributed by atoms with Crippen molar-refractivity contribution >= 4 is 35.0 Å². The second-order valence-corrected chi connectivity index (χ2v) is 7.50. The predicted molar refractivity (Wildman–Crippen MR) is 112 cm³/mol. The van der Waals surface area contributed by atoms with Crippen LogP contribution in [-0.4, -0.2) is 58.0 Å². The number of carbonyl (C=O) groups is 2. The van der Waals surface area contributed by atoms with Crippen molar-refractivity contribution in [2.75, 3.05) is 26.2 Å². The highest BCUT2D eigenvalue weighted by atomic mass is 35.5. The number of halogens is 2. The minimum atomic E-state index is -0.183. The Balaban J connectivity index is 1.45. The molecular formula is C21H18Cl2N4O2. The van der Waals surface area contributed by atoms with E-state index in [-0.39, 0.29) is 16.8 Å². The topological polar surface area (TPSA) is 69.3 Å². The maximum Gasteiger partial charge on any atom is 0.257 e. The summed E-state index contributed by atoms with van der Waals surface area (Å²) in [5.41, 5.74) is 2.49. The number of benzene rings is 2. The van der Waals surface area contributed by atoms with Crippen LogP contribution < -0.4 is 0 Å². The smallest absolute Gasteiger partial charge is 0.257 e. The largest absolute Gasteiger partial charge is 0.335 e. The molecule has 8 heteroatoms. The van der Waals surface area contributed by atoms with Gasteiger partial charge in [-0.3, -0.25) is 14.7 Å². The van der Waals surface area contributed by atoms with E-state index in [2.05, 4.69) is 10.2 Å². The number of nitrogens with one attached hydrogen (secondary N) is 1. The van der Waals surface area contributed by atoms with Gasteiger partial charge >= 0.3 is 0 Å². The quantitative estimate of drug-likeness (QED) is 0.685. The van der Waals surface area contributed by atoms with Crippen LogP contribution in [0.15, 0.2) is 54.7 Å². The molecule has 1 aliphatic heterocycles. The average Bonchev–Trinajstić information content (AvgIpc) is 3.25. The van der Waals surface area contributed by atoms with E-state index in [0.717, 1.165) is 5.56 Å². The lowest BCUT2D eigenvalue weighted by Crippen LogP contribution is -2.50. The molecule has 0 spiro atoms. The highest BCUT2D eigenvalue weighted by molar-refractivity contribution is 6.43. The molecule has 0 unspecified atom stereocenters. The Kier molecular flexibility index (Phi) is 5.56. The van der Waals surface area contributed by atoms with Gasteiger partial charge in [0.2, 0.25) is 0 Å². The molecule has 0 bridgehead atoms. The zero-order valence-corrected chi connectivity index (χ0v) is 17.0. The molecule has 0 aliphatic carbocycles. The van der Waals surface area contributed by atoms with Crippen LogP contribution in [0.3, 0.4) is 0 Å². The van der Waals surface area contributed by atoms with Gasteiger partial charge in [-0.1, -0.05) is 59.6 Å². The van der Waals surface area contributed by atoms with Crippen LogP contribution in [-0.2, 0) is 0 Å². The lowest BCUT2D eigenvalue weighted by Gasteiger charge is -2.35. The molecule has 1 aliphatic rings. The lowest BCUT2D eigenvalue weighted by atomic mass is 10.1. The summed E-state index contributed by atoms with van der Waals surface area (Å²) in [4.78, 5) is 29.2. The molecule has 2 heterocycles. The number of aromatic amines is 1. The third-order valence-electron chi connectivity index (χ3n) is 4.97. The van der Waals surface area contributed by atoms with Crippen molar-refractivity contribution in [1.29, 1.82) is 0 Å². The van der Waals surface area contributed by atoms with Crippen molar-refractivity contribution in [1.82, 2.24) is 20.0 Å². The standard InChI is InChI=1S/C21H18Cl2N4O2/c22-17-8-4-7-15(18(17)23)20(28)26-9-11-27(12-10-26)21(29)16-13-24-25-19(16)14-5-2-1-3-6-14/h1-8,13H,9-12H2,(H,24,25). The van der Waals surface area contributed by atoms with E-state index >= 15 is 0 Å². The molecule has 1 aromatic heterocycles. The molecule has 1 fully saturated rings. The molecule has 0 radical (unpaired) electrons. The molecule has 0 atom stereocenters. The summed E-state index contributed by atoms with van der Waals surface area (Å²) in [6.07, 6.45) is 1.55. The van der Waals surface area contributed by atoms with Crippen molar-refractivity contribution in [3.63, 3.8) is 0 Å². The van der Waals surface area contributed by atoms with E-state index < -0.39 is 0 Å². The molecule has 4 rings (SSSR count). The van der Waals surface area contributed by atoms with Crippen molar-refractivity contribution in [2.45, 2.75) is 0 Å². The monoisotopic (exact) mass is 428 g/mol. The molecule has 29 heavy (non-hydrogen) atoms. The van der Waals surface area contributed by atoms with E-state index in [9.17, 15) is 9.59 Å². The summed E-state index contributed by atoms with van der Waals surface area (Å²) in [7, 11) is 0. The fourth-order valence-electron chi connectivity index (χ4n) is 3.40. The summed E-state index contributed by atoms with van der Waals surface area (Å²) < 4.78 is 0. The van der Waals surface area contributed by atoms with Crippen molar-refractivity contribution in [3.05, 3.63) is 75.9 Å². The zero-order chi connectivity index (χ0) is 20.4. The Morgan fingerprint density at radius 3 is 2.10 bits per heavy atom. The first kappa shape index (κ1) is 19.5. The van der Waals surface area contributed by atoms with Crippen molar-refractivity contribution < 1.29 is 9.59 Å². The number of hydrogen-bond donors (Lipinski definition) is 1. The van der Waals surface area contributed by atoms with Gasteiger partial charge in [-0.15, -0.1) is 0 Å². The first-order valence-electron chi connectivity index (χ1n) is 9.17. The molecule has 2 aromatic carbocycles. The SMILES string of the molecule is O=C(c1cn[nH]c1-c1ccccc1)N1CCN(C(=O)c2cccc(Cl)c2Cl)CC1. The highest BCUT2D eigenvalue weighted by Gasteiger charge is 2.28. The average molecular weight is 429 g/mol. The van der Waals surface area contributed by atoms with E-state index in [0.29, 0.717) is 48.0 Å². The number of nitrogens with zero attached hydrogens (tertiary/aromatic N) is 3. The number of H-pyrrole nitrogens is 1. The Bertz CT molecular complexity index is 1040. The normalized spacial score (nSPS) is 14.1. The second-order valence-electron chi connectivity index (χ2n) is 6.71. The summed E-state index contributed by atoms with van der Waals surface area (Å²) in [5.74, 6) is -0.289. The van der Waals surface area contributed by atoms with Gasteiger partial charge in [0.05, 0.1) is 33.1 Å². The van der Waals surface area contributed by atoms with Crippen molar-refractivity contribution in [3.8, 4) is 11.3 Å². The van der Waals surface area contributed by atoms with Crippen LogP contribution in [0.25, 0.3) is 11.3 Å². The van der Waals surface area contributed by atoms with Crippen LogP contribution in [0, 0.1) is 0 Å². The zero-order valence-electron chi connectivity index (χ0n) is 15.4. The first-order valence-corrected chi connectivity index (χ1v) is 9.93. The molecule has 6 nitrogen and oxygen atoms in total. The predicted octanol–water partition coefficient (Wildman–Crippen LogP) is 3.98. The highest BCUT2D eigenvalue weighted by Crippen LogP contribution is 2.27. The van der Waals surface area contributed by atoms with E-state index in [4.69, 9.17) is 23.2 Å². The minimum Gasteiger partial charge on any atom is -0.335 e. The Morgan fingerprint density at radius 1 is 0.828 bits per heavy atom. The summed E-state index contributed by atoms with van der Waals surface area (Å²) in [6.45, 7) is 1.71. The van der Waals surface area contributed by atoms with Crippen LogP contribution in [0.2, 0.25) is 10.0 Å². The maximum absolute atomic E-state index is 13.0. The molecule has 1 N–H and O–H groups in total. The Labute approximate surface area is 178 Å². The van der Waals surface area contributed by atoms with Crippen LogP contribution in [0.4, 0.5) is 0 Å². The van der Waals surface area contributed by atoms with Crippen LogP contribution >= 0.6 is 23.2 Å². The summed E-state index contributed by atoms with van der Waals surface area (Å²) >= 11 is 12.2. The Hall–Kier alpha value is -2.83. The summed E-state index contributed by atoms with van der Waals surface area (Å²) in [5, 5.41) is 7.56. The minimum absolute atomic E-state index is 0.106. The number of aromatic nitrogens is 2. The summed E-state index contributed by atoms with van der Waals surface area (Å²) in [6, 6.07) is 14.6. The van der Waals surface area contributed by atoms with Crippen LogP contribution in [0.1, 0.15) is 20.7 Å². The molecule has 0 saturated carbocycles. The van der Waals surface area contributed by atoms with Gasteiger partial charge in [0.15, 0.2) is 0 Å². The second kappa shape index (κ2) is 8.27. The molecule has 2 amide bonds. The van der Waals surface area contributed by atoms with E-state index in [1.54, 1.807) is 34.2 Å². The lowest BCUT2D eigenvalue weighted by molar-refractivity contribution is 0.0536. The maximum atomic E-state index is 13.0. The first-order chi connectivity index (χ1) is 14.1. The van der Waals surface area contributed by atoms with Gasteiger partial charge in [0.1, 0.15) is 0 Å². The van der Waals surface area contributed by atoms with E-state index in [1.807, 2.05) is 30.3 Å². The molecular weight excluding hydrogens is 411 g/mol. The third-order valence-corrected chi connectivity index (χ3v) is 5.79. The van der Waals surface area contributed by atoms with Crippen molar-refractivity contribution in [2.24, 2.45) is 0 Å². The Morgan fingerprint density at radius 2 is 1.45 bits per heavy atom. The van der Waals surface area contributed by atoms with Crippen LogP contribution in [0.5, 0.6) is 0 Å². The van der Waals surface area contributed by atoms with Gasteiger partial charge < -0.3 is 9.80 Å². The van der Waals surface area contributed by atoms with Gasteiger partial charge in [0.25, 0.3) is 11.8 Å². The fourth-order valence-corrected chi connectivity index (χ4v) is 3.78. The number of carbonyl (C=O) groups excluding carboxylic acids is 2. The number of piperazine rings is 1. The van der Waals surface area contributed by atoms with E-state index in [1.165, 1.54) is 0 Å². The molecule has 3 aromatic rings. The molecule has 148 valence electrons. The number of amides is 2. The number of hydrogen-bond acceptors (Lipinski definition) is 3. The third kappa shape index (κ3) is 3.86. The van der Waals surface area contributed by atoms with Gasteiger partial charge in [-0.05, 0) is 12.1 Å². The van der Waals surface area contributed by atoms with Gasteiger partial charge in [0, 0.05) is 31.7 Å². The van der Waals surface area contributed by atoms with Gasteiger partial charge in [-0.25, -0.2) is 0 Å². The molecule has 1 saturated heterocycles. The van der Waals surface area contributed by atoms with Gasteiger partial charge in [-0.2, -0.15) is 5.10 Å².